The average Bonchev–Trinajstić information content (AvgIpc) is 3.03. The van der Waals surface area contributed by atoms with Gasteiger partial charge in [0, 0.05) is 32.4 Å². The number of nitrogens with two attached hydrogens (primary N) is 1. The van der Waals surface area contributed by atoms with Crippen LogP contribution in [0.3, 0.4) is 0 Å². The molecule has 1 atom stereocenters. The molecule has 2 fully saturated rings. The number of rotatable bonds is 1. The summed E-state index contributed by atoms with van der Waals surface area (Å²) in [5.41, 5.74) is 8.19. The van der Waals surface area contributed by atoms with E-state index in [1.165, 1.54) is 19.3 Å². The van der Waals surface area contributed by atoms with E-state index in [0.717, 1.165) is 43.4 Å². The van der Waals surface area contributed by atoms with Gasteiger partial charge in [-0.1, -0.05) is 0 Å². The minimum absolute atomic E-state index is 0.105. The Morgan fingerprint density at radius 3 is 2.75 bits per heavy atom. The molecule has 0 bridgehead atoms. The lowest BCUT2D eigenvalue weighted by molar-refractivity contribution is -0.119. The van der Waals surface area contributed by atoms with Gasteiger partial charge in [0.05, 0.1) is 12.3 Å². The first-order valence-corrected chi connectivity index (χ1v) is 8.71. The molecule has 4 rings (SSSR count). The number of fused-ring (bicyclic) bond motifs is 1. The van der Waals surface area contributed by atoms with Gasteiger partial charge in [0.2, 0.25) is 5.91 Å². The van der Waals surface area contributed by atoms with Crippen LogP contribution in [0.4, 0.5) is 11.4 Å². The van der Waals surface area contributed by atoms with Crippen LogP contribution in [-0.4, -0.2) is 51.9 Å². The number of anilines is 2. The fraction of sp³-hybridized carbons (Fsp3) is 0.611. The van der Waals surface area contributed by atoms with Crippen molar-refractivity contribution in [3.8, 4) is 5.75 Å². The van der Waals surface area contributed by atoms with Crippen LogP contribution in [0.2, 0.25) is 0 Å². The minimum Gasteiger partial charge on any atom is -0.489 e. The van der Waals surface area contributed by atoms with Crippen LogP contribution in [0, 0.1) is 5.41 Å². The summed E-state index contributed by atoms with van der Waals surface area (Å²) in [7, 11) is 1.76. The zero-order valence-electron chi connectivity index (χ0n) is 14.2. The largest absolute Gasteiger partial charge is 0.489 e. The second-order valence-electron chi connectivity index (χ2n) is 7.26. The number of nitrogens with zero attached hydrogens (tertiary/aromatic N) is 2. The summed E-state index contributed by atoms with van der Waals surface area (Å²) in [4.78, 5) is 16.3. The fourth-order valence-electron chi connectivity index (χ4n) is 3.99. The smallest absolute Gasteiger partial charge is 0.247 e. The third-order valence-corrected chi connectivity index (χ3v) is 5.74. The van der Waals surface area contributed by atoms with Crippen LogP contribution in [0.15, 0.2) is 18.2 Å². The number of ether oxygens (including phenoxy) is 2. The van der Waals surface area contributed by atoms with Crippen molar-refractivity contribution in [1.29, 1.82) is 0 Å². The molecule has 0 aliphatic carbocycles. The average molecular weight is 331 g/mol. The Labute approximate surface area is 142 Å². The molecule has 1 aromatic rings. The van der Waals surface area contributed by atoms with E-state index in [9.17, 15) is 4.79 Å². The first kappa shape index (κ1) is 15.7. The SMILES string of the molecule is CN1C(=O)[C@@H](N)COc2ccc(N3CCC4(CCOC4)CC3)cc21. The second-order valence-corrected chi connectivity index (χ2v) is 7.26. The molecule has 3 aliphatic heterocycles. The predicted molar refractivity (Wildman–Crippen MR) is 92.6 cm³/mol. The van der Waals surface area contributed by atoms with E-state index in [1.54, 1.807) is 11.9 Å². The van der Waals surface area contributed by atoms with Crippen LogP contribution >= 0.6 is 0 Å². The first-order chi connectivity index (χ1) is 11.6. The van der Waals surface area contributed by atoms with Crippen LogP contribution in [0.1, 0.15) is 19.3 Å². The molecule has 3 heterocycles. The molecule has 2 saturated heterocycles. The molecule has 0 aromatic heterocycles. The van der Waals surface area contributed by atoms with Crippen molar-refractivity contribution in [1.82, 2.24) is 0 Å². The quantitative estimate of drug-likeness (QED) is 0.842. The molecule has 2 N–H and O–H groups in total. The van der Waals surface area contributed by atoms with Crippen molar-refractivity contribution in [2.24, 2.45) is 11.1 Å². The molecule has 6 nitrogen and oxygen atoms in total. The topological polar surface area (TPSA) is 68.0 Å². The summed E-state index contributed by atoms with van der Waals surface area (Å²) in [6.45, 7) is 4.10. The van der Waals surface area contributed by atoms with E-state index < -0.39 is 6.04 Å². The van der Waals surface area contributed by atoms with E-state index in [1.807, 2.05) is 6.07 Å². The van der Waals surface area contributed by atoms with Crippen LogP contribution in [-0.2, 0) is 9.53 Å². The molecule has 130 valence electrons. The van der Waals surface area contributed by atoms with Crippen molar-refractivity contribution in [3.05, 3.63) is 18.2 Å². The Bertz CT molecular complexity index is 632. The van der Waals surface area contributed by atoms with Crippen molar-refractivity contribution in [2.45, 2.75) is 25.3 Å². The molecule has 24 heavy (non-hydrogen) atoms. The molecular formula is C18H25N3O3. The molecule has 0 unspecified atom stereocenters. The number of piperidine rings is 1. The van der Waals surface area contributed by atoms with Crippen molar-refractivity contribution in [2.75, 3.05) is 49.8 Å². The Morgan fingerprint density at radius 2 is 2.04 bits per heavy atom. The molecular weight excluding hydrogens is 306 g/mol. The standard InChI is InChI=1S/C18H25N3O3/c1-20-15-10-13(2-3-16(15)24-11-14(19)17(20)22)21-7-4-18(5-8-21)6-9-23-12-18/h2-3,10,14H,4-9,11-12,19H2,1H3/t14-/m0/s1. The zero-order chi connectivity index (χ0) is 16.7. The predicted octanol–water partition coefficient (Wildman–Crippen LogP) is 1.38. The summed E-state index contributed by atoms with van der Waals surface area (Å²) in [5, 5.41) is 0. The zero-order valence-corrected chi connectivity index (χ0v) is 14.2. The summed E-state index contributed by atoms with van der Waals surface area (Å²) >= 11 is 0. The highest BCUT2D eigenvalue weighted by Gasteiger charge is 2.38. The maximum atomic E-state index is 12.3. The number of amides is 1. The molecule has 0 saturated carbocycles. The van der Waals surface area contributed by atoms with Gasteiger partial charge in [-0.05, 0) is 42.9 Å². The third kappa shape index (κ3) is 2.63. The number of hydrogen-bond acceptors (Lipinski definition) is 5. The maximum Gasteiger partial charge on any atom is 0.247 e. The first-order valence-electron chi connectivity index (χ1n) is 8.71. The molecule has 1 amide bonds. The maximum absolute atomic E-state index is 12.3. The highest BCUT2D eigenvalue weighted by atomic mass is 16.5. The Balaban J connectivity index is 1.54. The van der Waals surface area contributed by atoms with Gasteiger partial charge in [-0.15, -0.1) is 0 Å². The van der Waals surface area contributed by atoms with Crippen LogP contribution in [0.5, 0.6) is 5.75 Å². The Kier molecular flexibility index (Phi) is 3.89. The fourth-order valence-corrected chi connectivity index (χ4v) is 3.99. The molecule has 1 aromatic carbocycles. The van der Waals surface area contributed by atoms with Crippen molar-refractivity contribution in [3.63, 3.8) is 0 Å². The molecule has 6 heteroatoms. The number of carbonyl (C=O) groups excluding carboxylic acids is 1. The number of likely N-dealkylation sites (N-methyl/N-ethyl adjacent to an activating group) is 1. The number of carbonyl (C=O) groups is 1. The Morgan fingerprint density at radius 1 is 1.25 bits per heavy atom. The summed E-state index contributed by atoms with van der Waals surface area (Å²) in [6.07, 6.45) is 3.52. The van der Waals surface area contributed by atoms with E-state index in [-0.39, 0.29) is 12.5 Å². The van der Waals surface area contributed by atoms with Gasteiger partial charge in [0.25, 0.3) is 0 Å². The molecule has 3 aliphatic rings. The minimum atomic E-state index is -0.608. The molecule has 1 spiro atoms. The number of hydrogen-bond donors (Lipinski definition) is 1. The third-order valence-electron chi connectivity index (χ3n) is 5.74. The summed E-state index contributed by atoms with van der Waals surface area (Å²) < 4.78 is 11.3. The molecule has 0 radical (unpaired) electrons. The highest BCUT2D eigenvalue weighted by molar-refractivity contribution is 5.99. The van der Waals surface area contributed by atoms with E-state index in [4.69, 9.17) is 15.2 Å². The second kappa shape index (κ2) is 5.93. The van der Waals surface area contributed by atoms with Crippen molar-refractivity contribution >= 4 is 17.3 Å². The van der Waals surface area contributed by atoms with Crippen molar-refractivity contribution < 1.29 is 14.3 Å². The van der Waals surface area contributed by atoms with E-state index in [0.29, 0.717) is 5.41 Å². The van der Waals surface area contributed by atoms with Crippen LogP contribution in [0.25, 0.3) is 0 Å². The van der Waals surface area contributed by atoms with Gasteiger partial charge in [0.1, 0.15) is 18.4 Å². The lowest BCUT2D eigenvalue weighted by Gasteiger charge is -2.39. The van der Waals surface area contributed by atoms with Gasteiger partial charge in [-0.2, -0.15) is 0 Å². The summed E-state index contributed by atoms with van der Waals surface area (Å²) in [6, 6.07) is 5.48. The van der Waals surface area contributed by atoms with E-state index >= 15 is 0 Å². The lowest BCUT2D eigenvalue weighted by atomic mass is 9.78. The van der Waals surface area contributed by atoms with Gasteiger partial charge >= 0.3 is 0 Å². The van der Waals surface area contributed by atoms with Crippen LogP contribution < -0.4 is 20.3 Å². The van der Waals surface area contributed by atoms with E-state index in [2.05, 4.69) is 17.0 Å². The van der Waals surface area contributed by atoms with Gasteiger partial charge in [-0.3, -0.25) is 4.79 Å². The van der Waals surface area contributed by atoms with Gasteiger partial charge < -0.3 is 25.0 Å². The monoisotopic (exact) mass is 331 g/mol. The lowest BCUT2D eigenvalue weighted by Crippen LogP contribution is -2.43. The van der Waals surface area contributed by atoms with Gasteiger partial charge in [-0.25, -0.2) is 0 Å². The summed E-state index contributed by atoms with van der Waals surface area (Å²) in [5.74, 6) is 0.617. The number of benzene rings is 1. The normalized spacial score (nSPS) is 26.2. The highest BCUT2D eigenvalue weighted by Crippen LogP contribution is 2.41. The Hall–Kier alpha value is -1.79. The van der Waals surface area contributed by atoms with Gasteiger partial charge in [0.15, 0.2) is 0 Å².